The van der Waals surface area contributed by atoms with Crippen LogP contribution in [0.2, 0.25) is 0 Å². The second kappa shape index (κ2) is 8.35. The SMILES string of the molecule is Cc1ccc(-c2csc(NC(=O)COc3cc(C(C)C)ccc3C)n2)cc1. The van der Waals surface area contributed by atoms with Gasteiger partial charge in [0.25, 0.3) is 5.91 Å². The topological polar surface area (TPSA) is 51.2 Å². The first-order valence-corrected chi connectivity index (χ1v) is 9.86. The standard InChI is InChI=1S/C22H24N2O2S/c1-14(2)18-10-7-16(4)20(11-18)26-12-21(25)24-22-23-19(13-27-22)17-8-5-15(3)6-9-17/h5-11,13-14H,12H2,1-4H3,(H,23,24,25). The van der Waals surface area contributed by atoms with E-state index in [1.165, 1.54) is 22.5 Å². The first-order chi connectivity index (χ1) is 12.9. The number of nitrogens with zero attached hydrogens (tertiary/aromatic N) is 1. The van der Waals surface area contributed by atoms with E-state index in [2.05, 4.69) is 37.1 Å². The summed E-state index contributed by atoms with van der Waals surface area (Å²) in [7, 11) is 0. The van der Waals surface area contributed by atoms with Gasteiger partial charge in [-0.1, -0.05) is 55.8 Å². The molecule has 0 aliphatic carbocycles. The Morgan fingerprint density at radius 3 is 2.59 bits per heavy atom. The largest absolute Gasteiger partial charge is 0.483 e. The molecule has 1 amide bonds. The van der Waals surface area contributed by atoms with Crippen molar-refractivity contribution in [2.24, 2.45) is 0 Å². The van der Waals surface area contributed by atoms with Crippen LogP contribution in [-0.4, -0.2) is 17.5 Å². The molecular formula is C22H24N2O2S. The van der Waals surface area contributed by atoms with E-state index in [0.717, 1.165) is 22.6 Å². The van der Waals surface area contributed by atoms with Gasteiger partial charge in [0.15, 0.2) is 11.7 Å². The minimum Gasteiger partial charge on any atom is -0.483 e. The first-order valence-electron chi connectivity index (χ1n) is 8.98. The molecule has 3 aromatic rings. The number of thiazole rings is 1. The summed E-state index contributed by atoms with van der Waals surface area (Å²) < 4.78 is 5.73. The van der Waals surface area contributed by atoms with Crippen LogP contribution in [0.1, 0.15) is 36.5 Å². The van der Waals surface area contributed by atoms with Crippen LogP contribution in [0.3, 0.4) is 0 Å². The second-order valence-corrected chi connectivity index (χ2v) is 7.78. The Balaban J connectivity index is 1.60. The van der Waals surface area contributed by atoms with Gasteiger partial charge in [-0.15, -0.1) is 11.3 Å². The Bertz CT molecular complexity index is 930. The number of benzene rings is 2. The molecule has 0 saturated heterocycles. The van der Waals surface area contributed by atoms with Crippen molar-refractivity contribution in [3.63, 3.8) is 0 Å². The van der Waals surface area contributed by atoms with Crippen molar-refractivity contribution in [2.45, 2.75) is 33.6 Å². The Hall–Kier alpha value is -2.66. The van der Waals surface area contributed by atoms with Crippen molar-refractivity contribution < 1.29 is 9.53 Å². The maximum absolute atomic E-state index is 12.2. The molecule has 140 valence electrons. The summed E-state index contributed by atoms with van der Waals surface area (Å²) >= 11 is 1.41. The van der Waals surface area contributed by atoms with Crippen molar-refractivity contribution in [1.82, 2.24) is 4.98 Å². The number of aryl methyl sites for hydroxylation is 2. The van der Waals surface area contributed by atoms with Gasteiger partial charge in [0.05, 0.1) is 5.69 Å². The summed E-state index contributed by atoms with van der Waals surface area (Å²) in [6.07, 6.45) is 0. The number of carbonyl (C=O) groups excluding carboxylic acids is 1. The molecule has 27 heavy (non-hydrogen) atoms. The average molecular weight is 381 g/mol. The van der Waals surface area contributed by atoms with Gasteiger partial charge in [-0.2, -0.15) is 0 Å². The molecule has 2 aromatic carbocycles. The van der Waals surface area contributed by atoms with Crippen LogP contribution in [0.5, 0.6) is 5.75 Å². The monoisotopic (exact) mass is 380 g/mol. The Morgan fingerprint density at radius 2 is 1.89 bits per heavy atom. The van der Waals surface area contributed by atoms with E-state index >= 15 is 0 Å². The summed E-state index contributed by atoms with van der Waals surface area (Å²) in [6, 6.07) is 14.3. The highest BCUT2D eigenvalue weighted by Gasteiger charge is 2.10. The summed E-state index contributed by atoms with van der Waals surface area (Å²) in [5, 5.41) is 5.33. The van der Waals surface area contributed by atoms with Crippen molar-refractivity contribution >= 4 is 22.4 Å². The van der Waals surface area contributed by atoms with E-state index in [-0.39, 0.29) is 12.5 Å². The summed E-state index contributed by atoms with van der Waals surface area (Å²) in [5.41, 5.74) is 5.31. The molecule has 5 heteroatoms. The maximum Gasteiger partial charge on any atom is 0.264 e. The fraction of sp³-hybridized carbons (Fsp3) is 0.273. The van der Waals surface area contributed by atoms with E-state index in [1.807, 2.05) is 48.7 Å². The number of rotatable bonds is 6. The molecule has 0 atom stereocenters. The maximum atomic E-state index is 12.2. The minimum absolute atomic E-state index is 0.0398. The lowest BCUT2D eigenvalue weighted by atomic mass is 10.0. The third kappa shape index (κ3) is 4.95. The van der Waals surface area contributed by atoms with E-state index in [0.29, 0.717) is 11.0 Å². The molecule has 0 aliphatic heterocycles. The predicted molar refractivity (Wildman–Crippen MR) is 112 cm³/mol. The number of hydrogen-bond donors (Lipinski definition) is 1. The van der Waals surface area contributed by atoms with Crippen molar-refractivity contribution in [3.8, 4) is 17.0 Å². The lowest BCUT2D eigenvalue weighted by molar-refractivity contribution is -0.118. The van der Waals surface area contributed by atoms with E-state index in [1.54, 1.807) is 0 Å². The smallest absolute Gasteiger partial charge is 0.264 e. The molecule has 0 radical (unpaired) electrons. The number of amides is 1. The number of ether oxygens (including phenoxy) is 1. The zero-order valence-corrected chi connectivity index (χ0v) is 16.9. The summed E-state index contributed by atoms with van der Waals surface area (Å²) in [4.78, 5) is 16.7. The highest BCUT2D eigenvalue weighted by Crippen LogP contribution is 2.26. The number of hydrogen-bond acceptors (Lipinski definition) is 4. The van der Waals surface area contributed by atoms with E-state index in [4.69, 9.17) is 4.74 Å². The molecule has 0 aliphatic rings. The Morgan fingerprint density at radius 1 is 1.15 bits per heavy atom. The van der Waals surface area contributed by atoms with Gasteiger partial charge in [0.1, 0.15) is 5.75 Å². The van der Waals surface area contributed by atoms with Crippen molar-refractivity contribution in [3.05, 3.63) is 64.5 Å². The molecule has 0 bridgehead atoms. The molecular weight excluding hydrogens is 356 g/mol. The molecule has 1 aromatic heterocycles. The average Bonchev–Trinajstić information content (AvgIpc) is 3.09. The van der Waals surface area contributed by atoms with Crippen LogP contribution in [0, 0.1) is 13.8 Å². The van der Waals surface area contributed by atoms with Gasteiger partial charge in [-0.3, -0.25) is 10.1 Å². The lowest BCUT2D eigenvalue weighted by Crippen LogP contribution is -2.20. The molecule has 0 spiro atoms. The van der Waals surface area contributed by atoms with Gasteiger partial charge >= 0.3 is 0 Å². The third-order valence-corrected chi connectivity index (χ3v) is 5.09. The van der Waals surface area contributed by atoms with Crippen molar-refractivity contribution in [1.29, 1.82) is 0 Å². The highest BCUT2D eigenvalue weighted by molar-refractivity contribution is 7.14. The number of carbonyl (C=O) groups is 1. The zero-order chi connectivity index (χ0) is 19.4. The number of aromatic nitrogens is 1. The Labute approximate surface area is 164 Å². The van der Waals surface area contributed by atoms with Gasteiger partial charge in [-0.05, 0) is 37.0 Å². The van der Waals surface area contributed by atoms with Gasteiger partial charge in [0, 0.05) is 10.9 Å². The molecule has 1 heterocycles. The van der Waals surface area contributed by atoms with Crippen LogP contribution in [-0.2, 0) is 4.79 Å². The van der Waals surface area contributed by atoms with Crippen LogP contribution in [0.4, 0.5) is 5.13 Å². The molecule has 0 fully saturated rings. The fourth-order valence-electron chi connectivity index (χ4n) is 2.62. The number of anilines is 1. The molecule has 0 unspecified atom stereocenters. The molecule has 3 rings (SSSR count). The predicted octanol–water partition coefficient (Wildman–Crippen LogP) is 5.57. The Kier molecular flexibility index (Phi) is 5.91. The van der Waals surface area contributed by atoms with Crippen LogP contribution in [0.25, 0.3) is 11.3 Å². The fourth-order valence-corrected chi connectivity index (χ4v) is 3.35. The van der Waals surface area contributed by atoms with E-state index in [9.17, 15) is 4.79 Å². The van der Waals surface area contributed by atoms with Gasteiger partial charge < -0.3 is 4.74 Å². The molecule has 1 N–H and O–H groups in total. The normalized spacial score (nSPS) is 10.9. The van der Waals surface area contributed by atoms with Gasteiger partial charge in [-0.25, -0.2) is 4.98 Å². The van der Waals surface area contributed by atoms with Crippen LogP contribution < -0.4 is 10.1 Å². The zero-order valence-electron chi connectivity index (χ0n) is 16.1. The molecule has 4 nitrogen and oxygen atoms in total. The summed E-state index contributed by atoms with van der Waals surface area (Å²) in [5.74, 6) is 0.947. The molecule has 0 saturated carbocycles. The van der Waals surface area contributed by atoms with E-state index < -0.39 is 0 Å². The van der Waals surface area contributed by atoms with Gasteiger partial charge in [0.2, 0.25) is 0 Å². The number of nitrogens with one attached hydrogen (secondary N) is 1. The quantitative estimate of drug-likeness (QED) is 0.608. The second-order valence-electron chi connectivity index (χ2n) is 6.92. The minimum atomic E-state index is -0.214. The highest BCUT2D eigenvalue weighted by atomic mass is 32.1. The third-order valence-electron chi connectivity index (χ3n) is 4.34. The summed E-state index contributed by atoms with van der Waals surface area (Å²) in [6.45, 7) is 8.26. The first kappa shape index (κ1) is 19.1. The van der Waals surface area contributed by atoms with Crippen LogP contribution >= 0.6 is 11.3 Å². The lowest BCUT2D eigenvalue weighted by Gasteiger charge is -2.12. The van der Waals surface area contributed by atoms with Crippen molar-refractivity contribution in [2.75, 3.05) is 11.9 Å². The van der Waals surface area contributed by atoms with Crippen LogP contribution in [0.15, 0.2) is 47.8 Å².